The van der Waals surface area contributed by atoms with Crippen LogP contribution in [-0.4, -0.2) is 13.6 Å². The van der Waals surface area contributed by atoms with Crippen LogP contribution in [0.25, 0.3) is 0 Å². The van der Waals surface area contributed by atoms with Crippen molar-refractivity contribution in [3.05, 3.63) is 0 Å². The highest BCUT2D eigenvalue weighted by Gasteiger charge is 2.23. The molecule has 0 spiro atoms. The third-order valence-electron chi connectivity index (χ3n) is 3.85. The second-order valence-electron chi connectivity index (χ2n) is 5.19. The van der Waals surface area contributed by atoms with E-state index in [-0.39, 0.29) is 0 Å². The topological polar surface area (TPSA) is 12.0 Å². The van der Waals surface area contributed by atoms with Crippen LogP contribution in [0.5, 0.6) is 0 Å². The molecule has 1 heteroatoms. The molecule has 1 aliphatic carbocycles. The molecular weight excluding hydrogens is 170 g/mol. The van der Waals surface area contributed by atoms with E-state index in [2.05, 4.69) is 26.2 Å². The standard InChI is InChI=1S/C13H27N/c1-4-12(7-8-14-3)10-13-6-5-11(2)9-13/h11-14H,4-10H2,1-3H3. The van der Waals surface area contributed by atoms with Gasteiger partial charge in [0.25, 0.3) is 0 Å². The lowest BCUT2D eigenvalue weighted by atomic mass is 9.89. The molecule has 1 saturated carbocycles. The fourth-order valence-corrected chi connectivity index (χ4v) is 2.85. The minimum Gasteiger partial charge on any atom is -0.320 e. The molecule has 1 N–H and O–H groups in total. The molecule has 0 aromatic heterocycles. The van der Waals surface area contributed by atoms with Crippen molar-refractivity contribution in [2.24, 2.45) is 17.8 Å². The van der Waals surface area contributed by atoms with Crippen LogP contribution in [0.3, 0.4) is 0 Å². The number of hydrogen-bond acceptors (Lipinski definition) is 1. The van der Waals surface area contributed by atoms with E-state index in [1.165, 1.54) is 45.1 Å². The van der Waals surface area contributed by atoms with Gasteiger partial charge in [-0.1, -0.05) is 33.1 Å². The Balaban J connectivity index is 2.19. The van der Waals surface area contributed by atoms with Gasteiger partial charge in [-0.2, -0.15) is 0 Å². The van der Waals surface area contributed by atoms with Crippen molar-refractivity contribution >= 4 is 0 Å². The van der Waals surface area contributed by atoms with Crippen LogP contribution in [-0.2, 0) is 0 Å². The van der Waals surface area contributed by atoms with E-state index < -0.39 is 0 Å². The summed E-state index contributed by atoms with van der Waals surface area (Å²) in [4.78, 5) is 0. The maximum Gasteiger partial charge on any atom is -0.00493 e. The van der Waals surface area contributed by atoms with Crippen molar-refractivity contribution in [1.82, 2.24) is 5.32 Å². The highest BCUT2D eigenvalue weighted by atomic mass is 14.8. The monoisotopic (exact) mass is 197 g/mol. The molecule has 1 nitrogen and oxygen atoms in total. The van der Waals surface area contributed by atoms with Crippen LogP contribution < -0.4 is 5.32 Å². The van der Waals surface area contributed by atoms with Gasteiger partial charge in [0.05, 0.1) is 0 Å². The zero-order chi connectivity index (χ0) is 10.4. The van der Waals surface area contributed by atoms with E-state index >= 15 is 0 Å². The fourth-order valence-electron chi connectivity index (χ4n) is 2.85. The Morgan fingerprint density at radius 1 is 1.36 bits per heavy atom. The molecule has 3 unspecified atom stereocenters. The Bertz CT molecular complexity index is 144. The average molecular weight is 197 g/mol. The first-order chi connectivity index (χ1) is 6.76. The molecule has 0 amide bonds. The predicted molar refractivity (Wildman–Crippen MR) is 63.4 cm³/mol. The van der Waals surface area contributed by atoms with Gasteiger partial charge in [0, 0.05) is 0 Å². The molecule has 14 heavy (non-hydrogen) atoms. The molecule has 0 radical (unpaired) electrons. The summed E-state index contributed by atoms with van der Waals surface area (Å²) in [6.07, 6.45) is 8.70. The van der Waals surface area contributed by atoms with Crippen LogP contribution in [0.15, 0.2) is 0 Å². The second kappa shape index (κ2) is 6.44. The third kappa shape index (κ3) is 4.00. The first kappa shape index (κ1) is 12.0. The van der Waals surface area contributed by atoms with E-state index in [1.807, 2.05) is 0 Å². The summed E-state index contributed by atoms with van der Waals surface area (Å²) >= 11 is 0. The van der Waals surface area contributed by atoms with E-state index in [4.69, 9.17) is 0 Å². The molecule has 1 aliphatic rings. The van der Waals surface area contributed by atoms with Crippen molar-refractivity contribution in [3.8, 4) is 0 Å². The van der Waals surface area contributed by atoms with Gasteiger partial charge in [-0.05, 0) is 50.6 Å². The second-order valence-corrected chi connectivity index (χ2v) is 5.19. The molecule has 1 fully saturated rings. The van der Waals surface area contributed by atoms with Gasteiger partial charge < -0.3 is 5.32 Å². The minimum absolute atomic E-state index is 0.970. The van der Waals surface area contributed by atoms with Gasteiger partial charge in [0.15, 0.2) is 0 Å². The molecular formula is C13H27N. The Morgan fingerprint density at radius 3 is 2.64 bits per heavy atom. The number of nitrogens with one attached hydrogen (secondary N) is 1. The fraction of sp³-hybridized carbons (Fsp3) is 1.00. The summed E-state index contributed by atoms with van der Waals surface area (Å²) in [6, 6.07) is 0. The molecule has 0 bridgehead atoms. The third-order valence-corrected chi connectivity index (χ3v) is 3.85. The lowest BCUT2D eigenvalue weighted by Gasteiger charge is -2.19. The van der Waals surface area contributed by atoms with Crippen molar-refractivity contribution < 1.29 is 0 Å². The van der Waals surface area contributed by atoms with Gasteiger partial charge >= 0.3 is 0 Å². The Kier molecular flexibility index (Phi) is 5.54. The van der Waals surface area contributed by atoms with Gasteiger partial charge in [-0.15, -0.1) is 0 Å². The van der Waals surface area contributed by atoms with Gasteiger partial charge in [0.2, 0.25) is 0 Å². The Labute approximate surface area is 89.7 Å². The maximum atomic E-state index is 3.27. The molecule has 1 rings (SSSR count). The van der Waals surface area contributed by atoms with E-state index in [0.717, 1.165) is 17.8 Å². The van der Waals surface area contributed by atoms with E-state index in [0.29, 0.717) is 0 Å². The molecule has 0 heterocycles. The first-order valence-electron chi connectivity index (χ1n) is 6.40. The normalized spacial score (nSPS) is 29.4. The lowest BCUT2D eigenvalue weighted by Crippen LogP contribution is -2.15. The minimum atomic E-state index is 0.970. The quantitative estimate of drug-likeness (QED) is 0.687. The van der Waals surface area contributed by atoms with Crippen LogP contribution >= 0.6 is 0 Å². The SMILES string of the molecule is CCC(CCNC)CC1CCC(C)C1. The molecule has 84 valence electrons. The molecule has 3 atom stereocenters. The largest absolute Gasteiger partial charge is 0.320 e. The predicted octanol–water partition coefficient (Wildman–Crippen LogP) is 3.45. The summed E-state index contributed by atoms with van der Waals surface area (Å²) in [5, 5.41) is 3.27. The average Bonchev–Trinajstić information content (AvgIpc) is 2.58. The van der Waals surface area contributed by atoms with Crippen molar-refractivity contribution in [3.63, 3.8) is 0 Å². The molecule has 0 saturated heterocycles. The van der Waals surface area contributed by atoms with Crippen molar-refractivity contribution in [1.29, 1.82) is 0 Å². The van der Waals surface area contributed by atoms with Crippen LogP contribution in [0.2, 0.25) is 0 Å². The molecule has 0 aromatic rings. The summed E-state index contributed by atoms with van der Waals surface area (Å²) in [5.41, 5.74) is 0. The Hall–Kier alpha value is -0.0400. The van der Waals surface area contributed by atoms with Crippen LogP contribution in [0.4, 0.5) is 0 Å². The zero-order valence-electron chi connectivity index (χ0n) is 10.2. The first-order valence-corrected chi connectivity index (χ1v) is 6.40. The van der Waals surface area contributed by atoms with Crippen molar-refractivity contribution in [2.75, 3.05) is 13.6 Å². The Morgan fingerprint density at radius 2 is 2.14 bits per heavy atom. The summed E-state index contributed by atoms with van der Waals surface area (Å²) < 4.78 is 0. The summed E-state index contributed by atoms with van der Waals surface area (Å²) in [7, 11) is 2.06. The summed E-state index contributed by atoms with van der Waals surface area (Å²) in [5.74, 6) is 3.02. The summed E-state index contributed by atoms with van der Waals surface area (Å²) in [6.45, 7) is 5.95. The maximum absolute atomic E-state index is 3.27. The number of rotatable bonds is 6. The van der Waals surface area contributed by atoms with Crippen molar-refractivity contribution in [2.45, 2.75) is 52.4 Å². The van der Waals surface area contributed by atoms with E-state index in [1.54, 1.807) is 0 Å². The smallest absolute Gasteiger partial charge is 0.00493 e. The van der Waals surface area contributed by atoms with Crippen LogP contribution in [0.1, 0.15) is 52.4 Å². The number of hydrogen-bond donors (Lipinski definition) is 1. The zero-order valence-corrected chi connectivity index (χ0v) is 10.2. The van der Waals surface area contributed by atoms with Gasteiger partial charge in [-0.25, -0.2) is 0 Å². The van der Waals surface area contributed by atoms with Gasteiger partial charge in [0.1, 0.15) is 0 Å². The molecule has 0 aromatic carbocycles. The molecule has 0 aliphatic heterocycles. The highest BCUT2D eigenvalue weighted by molar-refractivity contribution is 4.75. The van der Waals surface area contributed by atoms with Crippen LogP contribution in [0, 0.1) is 17.8 Å². The van der Waals surface area contributed by atoms with E-state index in [9.17, 15) is 0 Å². The highest BCUT2D eigenvalue weighted by Crippen LogP contribution is 2.35. The van der Waals surface area contributed by atoms with Gasteiger partial charge in [-0.3, -0.25) is 0 Å². The lowest BCUT2D eigenvalue weighted by molar-refractivity contribution is 0.340.